The number of nitrogens with one attached hydrogen (secondary N) is 1. The summed E-state index contributed by atoms with van der Waals surface area (Å²) < 4.78 is 2.13. The predicted molar refractivity (Wildman–Crippen MR) is 81.9 cm³/mol. The van der Waals surface area contributed by atoms with Crippen molar-refractivity contribution in [2.45, 2.75) is 23.4 Å². The third-order valence-electron chi connectivity index (χ3n) is 3.44. The van der Waals surface area contributed by atoms with Crippen LogP contribution >= 0.6 is 11.8 Å². The fourth-order valence-corrected chi connectivity index (χ4v) is 3.23. The molecular formula is C15H13N5S. The van der Waals surface area contributed by atoms with Crippen molar-refractivity contribution >= 4 is 23.3 Å². The van der Waals surface area contributed by atoms with E-state index in [-0.39, 0.29) is 0 Å². The minimum absolute atomic E-state index is 0.818. The van der Waals surface area contributed by atoms with E-state index in [1.807, 2.05) is 19.3 Å². The van der Waals surface area contributed by atoms with Crippen LogP contribution in [-0.2, 0) is 6.54 Å². The van der Waals surface area contributed by atoms with Gasteiger partial charge in [0.15, 0.2) is 5.82 Å². The van der Waals surface area contributed by atoms with Gasteiger partial charge in [-0.15, -0.1) is 0 Å². The lowest BCUT2D eigenvalue weighted by Crippen LogP contribution is -2.05. The van der Waals surface area contributed by atoms with Gasteiger partial charge in [-0.1, -0.05) is 17.8 Å². The van der Waals surface area contributed by atoms with Crippen molar-refractivity contribution < 1.29 is 0 Å². The van der Waals surface area contributed by atoms with Crippen molar-refractivity contribution in [3.63, 3.8) is 0 Å². The molecule has 0 aliphatic carbocycles. The highest BCUT2D eigenvalue weighted by atomic mass is 32.2. The molecule has 0 bridgehead atoms. The molecule has 4 rings (SSSR count). The fraction of sp³-hybridized carbons (Fsp3) is 0.133. The number of aromatic nitrogens is 4. The minimum Gasteiger partial charge on any atom is -0.337 e. The van der Waals surface area contributed by atoms with Gasteiger partial charge in [0.05, 0.1) is 5.69 Å². The first-order valence-electron chi connectivity index (χ1n) is 6.66. The SMILES string of the molecule is Cc1nccn1Cc1ccc2c(c1)Nc1nccnc1S2. The van der Waals surface area contributed by atoms with Crippen LogP contribution in [-0.4, -0.2) is 19.5 Å². The van der Waals surface area contributed by atoms with Crippen molar-refractivity contribution in [1.29, 1.82) is 0 Å². The van der Waals surface area contributed by atoms with Gasteiger partial charge in [0.1, 0.15) is 10.9 Å². The Kier molecular flexibility index (Phi) is 2.89. The molecule has 0 spiro atoms. The van der Waals surface area contributed by atoms with Gasteiger partial charge in [-0.25, -0.2) is 15.0 Å². The molecule has 21 heavy (non-hydrogen) atoms. The van der Waals surface area contributed by atoms with Crippen molar-refractivity contribution in [1.82, 2.24) is 19.5 Å². The summed E-state index contributed by atoms with van der Waals surface area (Å²) >= 11 is 1.65. The zero-order valence-electron chi connectivity index (χ0n) is 11.4. The van der Waals surface area contributed by atoms with Crippen LogP contribution in [0.15, 0.2) is 52.9 Å². The van der Waals surface area contributed by atoms with Gasteiger partial charge in [0.25, 0.3) is 0 Å². The standard InChI is InChI=1S/C15H13N5S/c1-10-16-6-7-20(10)9-11-2-3-13-12(8-11)19-14-15(21-13)18-5-4-17-14/h2-8H,9H2,1H3,(H,17,19). The van der Waals surface area contributed by atoms with Gasteiger partial charge in [-0.2, -0.15) is 0 Å². The Morgan fingerprint density at radius 3 is 2.90 bits per heavy atom. The number of imidazole rings is 1. The summed E-state index contributed by atoms with van der Waals surface area (Å²) in [5.41, 5.74) is 2.32. The van der Waals surface area contributed by atoms with E-state index in [4.69, 9.17) is 0 Å². The minimum atomic E-state index is 0.818. The molecule has 1 aliphatic heterocycles. The molecule has 5 nitrogen and oxygen atoms in total. The van der Waals surface area contributed by atoms with E-state index in [2.05, 4.69) is 43.0 Å². The number of rotatable bonds is 2. The van der Waals surface area contributed by atoms with E-state index >= 15 is 0 Å². The first-order chi connectivity index (χ1) is 10.3. The van der Waals surface area contributed by atoms with Gasteiger partial charge in [-0.3, -0.25) is 0 Å². The molecule has 104 valence electrons. The topological polar surface area (TPSA) is 55.6 Å². The smallest absolute Gasteiger partial charge is 0.163 e. The molecule has 3 heterocycles. The summed E-state index contributed by atoms with van der Waals surface area (Å²) in [5.74, 6) is 1.84. The molecule has 0 radical (unpaired) electrons. The van der Waals surface area contributed by atoms with Crippen LogP contribution in [0, 0.1) is 6.92 Å². The maximum absolute atomic E-state index is 4.34. The Bertz CT molecular complexity index is 811. The molecule has 0 unspecified atom stereocenters. The molecule has 6 heteroatoms. The van der Waals surface area contributed by atoms with Crippen LogP contribution < -0.4 is 5.32 Å². The highest BCUT2D eigenvalue weighted by molar-refractivity contribution is 7.99. The number of benzene rings is 1. The maximum atomic E-state index is 4.34. The van der Waals surface area contributed by atoms with Crippen LogP contribution in [0.5, 0.6) is 0 Å². The maximum Gasteiger partial charge on any atom is 0.163 e. The van der Waals surface area contributed by atoms with Gasteiger partial charge in [-0.05, 0) is 24.6 Å². The first kappa shape index (κ1) is 12.4. The van der Waals surface area contributed by atoms with Crippen LogP contribution in [0.4, 0.5) is 11.5 Å². The average molecular weight is 295 g/mol. The van der Waals surface area contributed by atoms with Crippen molar-refractivity contribution in [2.75, 3.05) is 5.32 Å². The number of hydrogen-bond donors (Lipinski definition) is 1. The lowest BCUT2D eigenvalue weighted by molar-refractivity contribution is 0.761. The molecule has 2 aromatic heterocycles. The molecule has 1 N–H and O–H groups in total. The summed E-state index contributed by atoms with van der Waals surface area (Å²) in [5, 5.41) is 4.28. The van der Waals surface area contributed by atoms with Crippen LogP contribution in [0.25, 0.3) is 0 Å². The lowest BCUT2D eigenvalue weighted by Gasteiger charge is -2.19. The molecule has 0 fully saturated rings. The Morgan fingerprint density at radius 1 is 1.14 bits per heavy atom. The fourth-order valence-electron chi connectivity index (χ4n) is 2.35. The van der Waals surface area contributed by atoms with E-state index in [0.717, 1.165) is 28.9 Å². The Labute approximate surface area is 126 Å². The summed E-state index contributed by atoms with van der Waals surface area (Å²) in [7, 11) is 0. The van der Waals surface area contributed by atoms with Gasteiger partial charge in [0, 0.05) is 36.2 Å². The summed E-state index contributed by atoms with van der Waals surface area (Å²) in [4.78, 5) is 14.1. The highest BCUT2D eigenvalue weighted by Crippen LogP contribution is 2.42. The second-order valence-corrected chi connectivity index (χ2v) is 5.90. The molecule has 1 aromatic carbocycles. The largest absolute Gasteiger partial charge is 0.337 e. The Balaban J connectivity index is 1.65. The summed E-state index contributed by atoms with van der Waals surface area (Å²) in [6.45, 7) is 2.83. The molecule has 0 amide bonds. The van der Waals surface area contributed by atoms with E-state index < -0.39 is 0 Å². The zero-order chi connectivity index (χ0) is 14.2. The van der Waals surface area contributed by atoms with E-state index in [9.17, 15) is 0 Å². The van der Waals surface area contributed by atoms with Crippen LogP contribution in [0.1, 0.15) is 11.4 Å². The quantitative estimate of drug-likeness (QED) is 0.615. The zero-order valence-corrected chi connectivity index (χ0v) is 12.3. The van der Waals surface area contributed by atoms with Crippen molar-refractivity contribution in [2.24, 2.45) is 0 Å². The number of aryl methyl sites for hydroxylation is 1. The number of fused-ring (bicyclic) bond motifs is 2. The number of nitrogens with zero attached hydrogens (tertiary/aromatic N) is 4. The van der Waals surface area contributed by atoms with Gasteiger partial charge >= 0.3 is 0 Å². The second-order valence-electron chi connectivity index (χ2n) is 4.87. The molecular weight excluding hydrogens is 282 g/mol. The Hall–Kier alpha value is -2.34. The normalized spacial score (nSPS) is 12.4. The predicted octanol–water partition coefficient (Wildman–Crippen LogP) is 3.24. The third-order valence-corrected chi connectivity index (χ3v) is 4.51. The van der Waals surface area contributed by atoms with Gasteiger partial charge in [0.2, 0.25) is 0 Å². The molecule has 0 atom stereocenters. The van der Waals surface area contributed by atoms with E-state index in [0.29, 0.717) is 0 Å². The molecule has 3 aromatic rings. The molecule has 1 aliphatic rings. The number of anilines is 2. The van der Waals surface area contributed by atoms with Crippen molar-refractivity contribution in [3.8, 4) is 0 Å². The third kappa shape index (κ3) is 2.27. The van der Waals surface area contributed by atoms with Gasteiger partial charge < -0.3 is 9.88 Å². The second kappa shape index (κ2) is 4.89. The number of hydrogen-bond acceptors (Lipinski definition) is 5. The Morgan fingerprint density at radius 2 is 2.05 bits per heavy atom. The average Bonchev–Trinajstić information content (AvgIpc) is 2.90. The molecule has 0 saturated carbocycles. The summed E-state index contributed by atoms with van der Waals surface area (Å²) in [6.07, 6.45) is 7.25. The van der Waals surface area contributed by atoms with E-state index in [1.165, 1.54) is 10.5 Å². The van der Waals surface area contributed by atoms with Crippen molar-refractivity contribution in [3.05, 3.63) is 54.4 Å². The summed E-state index contributed by atoms with van der Waals surface area (Å²) in [6, 6.07) is 6.44. The first-order valence-corrected chi connectivity index (χ1v) is 7.48. The lowest BCUT2D eigenvalue weighted by atomic mass is 10.2. The van der Waals surface area contributed by atoms with Crippen LogP contribution in [0.3, 0.4) is 0 Å². The highest BCUT2D eigenvalue weighted by Gasteiger charge is 2.17. The molecule has 0 saturated heterocycles. The van der Waals surface area contributed by atoms with Crippen LogP contribution in [0.2, 0.25) is 0 Å². The monoisotopic (exact) mass is 295 g/mol. The van der Waals surface area contributed by atoms with E-state index in [1.54, 1.807) is 24.2 Å².